The van der Waals surface area contributed by atoms with E-state index in [9.17, 15) is 4.79 Å². The van der Waals surface area contributed by atoms with Crippen molar-refractivity contribution in [3.8, 4) is 0 Å². The van der Waals surface area contributed by atoms with Crippen molar-refractivity contribution in [3.05, 3.63) is 11.6 Å². The molecular formula is C31H50O. The monoisotopic (exact) mass is 438 g/mol. The standard InChI is InChI=1S/C31H50O/c1-20-12-14-27(5)16-17-28(6)22(25(27)21(20)2)10-11-23-29(28,7)18-19-31(9)26(3,4)24(32)13-15-30(23,31)8/h10,20-21,23,25H,11-19H2,1-9H3/t20-,21+,23+,25+,27-,28-,29-,30-,31+/m1/s1. The molecule has 0 unspecified atom stereocenters. The lowest BCUT2D eigenvalue weighted by Gasteiger charge is -2.73. The van der Waals surface area contributed by atoms with Crippen LogP contribution in [0.1, 0.15) is 120 Å². The first-order valence-electron chi connectivity index (χ1n) is 13.9. The fraction of sp³-hybridized carbons (Fsp3) is 0.903. The van der Waals surface area contributed by atoms with Crippen LogP contribution in [0.4, 0.5) is 0 Å². The van der Waals surface area contributed by atoms with E-state index in [1.807, 2.05) is 5.57 Å². The van der Waals surface area contributed by atoms with Gasteiger partial charge in [-0.3, -0.25) is 4.79 Å². The van der Waals surface area contributed by atoms with Gasteiger partial charge in [0.15, 0.2) is 0 Å². The largest absolute Gasteiger partial charge is 0.299 e. The molecule has 0 saturated heterocycles. The summed E-state index contributed by atoms with van der Waals surface area (Å²) in [7, 11) is 0. The number of hydrogen-bond acceptors (Lipinski definition) is 1. The smallest absolute Gasteiger partial charge is 0.139 e. The van der Waals surface area contributed by atoms with Crippen LogP contribution in [0.5, 0.6) is 0 Å². The van der Waals surface area contributed by atoms with Gasteiger partial charge in [-0.1, -0.05) is 74.0 Å². The zero-order chi connectivity index (χ0) is 23.5. The number of ketones is 1. The number of Topliss-reactive ketones (excluding diaryl/α,β-unsaturated/α-hetero) is 1. The first-order valence-corrected chi connectivity index (χ1v) is 13.9. The fourth-order valence-electron chi connectivity index (χ4n) is 10.8. The Hall–Kier alpha value is -0.590. The highest BCUT2D eigenvalue weighted by atomic mass is 16.1. The topological polar surface area (TPSA) is 17.1 Å². The quantitative estimate of drug-likeness (QED) is 0.346. The van der Waals surface area contributed by atoms with Crippen molar-refractivity contribution >= 4 is 5.78 Å². The molecule has 5 aliphatic carbocycles. The maximum absolute atomic E-state index is 13.1. The van der Waals surface area contributed by atoms with Gasteiger partial charge in [0, 0.05) is 11.8 Å². The van der Waals surface area contributed by atoms with E-state index in [1.165, 1.54) is 44.9 Å². The molecule has 5 aliphatic rings. The summed E-state index contributed by atoms with van der Waals surface area (Å²) in [5.74, 6) is 3.62. The molecule has 4 fully saturated rings. The summed E-state index contributed by atoms with van der Waals surface area (Å²) in [6, 6.07) is 0. The summed E-state index contributed by atoms with van der Waals surface area (Å²) in [5, 5.41) is 0. The molecule has 4 saturated carbocycles. The van der Waals surface area contributed by atoms with E-state index < -0.39 is 0 Å². The maximum atomic E-state index is 13.1. The Labute approximate surface area is 198 Å². The molecule has 32 heavy (non-hydrogen) atoms. The molecule has 0 aliphatic heterocycles. The fourth-order valence-corrected chi connectivity index (χ4v) is 10.8. The molecule has 0 amide bonds. The van der Waals surface area contributed by atoms with Crippen LogP contribution in [0.15, 0.2) is 11.6 Å². The van der Waals surface area contributed by atoms with Gasteiger partial charge in [0.1, 0.15) is 5.78 Å². The molecule has 0 aromatic heterocycles. The number of fused-ring (bicyclic) bond motifs is 7. The molecule has 0 radical (unpaired) electrons. The maximum Gasteiger partial charge on any atom is 0.139 e. The predicted molar refractivity (Wildman–Crippen MR) is 134 cm³/mol. The SMILES string of the molecule is C[C@H]1[C@H](C)CC[C@]2(C)CC[C@]3(C)C(=CC[C@@H]4[C@@]5(C)CCC(=O)C(C)(C)[C@]5(C)CC[C@]43C)[C@H]12. The third kappa shape index (κ3) is 2.40. The van der Waals surface area contributed by atoms with Gasteiger partial charge in [-0.25, -0.2) is 0 Å². The Kier molecular flexibility index (Phi) is 4.74. The molecular weight excluding hydrogens is 388 g/mol. The van der Waals surface area contributed by atoms with Gasteiger partial charge in [0.25, 0.3) is 0 Å². The van der Waals surface area contributed by atoms with Gasteiger partial charge in [0.2, 0.25) is 0 Å². The Morgan fingerprint density at radius 1 is 0.812 bits per heavy atom. The number of hydrogen-bond donors (Lipinski definition) is 0. The Morgan fingerprint density at radius 2 is 1.50 bits per heavy atom. The van der Waals surface area contributed by atoms with Crippen LogP contribution in [-0.2, 0) is 4.79 Å². The van der Waals surface area contributed by atoms with Gasteiger partial charge < -0.3 is 0 Å². The van der Waals surface area contributed by atoms with Crippen LogP contribution in [0.2, 0.25) is 0 Å². The lowest BCUT2D eigenvalue weighted by atomic mass is 9.30. The summed E-state index contributed by atoms with van der Waals surface area (Å²) in [6.45, 7) is 22.7. The summed E-state index contributed by atoms with van der Waals surface area (Å²) >= 11 is 0. The molecule has 180 valence electrons. The second-order valence-electron chi connectivity index (χ2n) is 15.0. The molecule has 1 nitrogen and oxygen atoms in total. The van der Waals surface area contributed by atoms with E-state index in [-0.39, 0.29) is 16.2 Å². The highest BCUT2D eigenvalue weighted by Gasteiger charge is 2.71. The van der Waals surface area contributed by atoms with Crippen molar-refractivity contribution < 1.29 is 4.79 Å². The van der Waals surface area contributed by atoms with E-state index in [4.69, 9.17) is 0 Å². The van der Waals surface area contributed by atoms with Crippen LogP contribution < -0.4 is 0 Å². The lowest BCUT2D eigenvalue weighted by Crippen LogP contribution is -2.67. The highest BCUT2D eigenvalue weighted by Crippen LogP contribution is 2.78. The predicted octanol–water partition coefficient (Wildman–Crippen LogP) is 8.62. The van der Waals surface area contributed by atoms with Gasteiger partial charge >= 0.3 is 0 Å². The summed E-state index contributed by atoms with van der Waals surface area (Å²) in [4.78, 5) is 13.1. The molecule has 0 spiro atoms. The van der Waals surface area contributed by atoms with Crippen LogP contribution in [-0.4, -0.2) is 5.78 Å². The Bertz CT molecular complexity index is 866. The molecule has 0 aromatic carbocycles. The number of rotatable bonds is 0. The minimum Gasteiger partial charge on any atom is -0.299 e. The van der Waals surface area contributed by atoms with Gasteiger partial charge in [-0.15, -0.1) is 0 Å². The minimum atomic E-state index is -0.204. The van der Waals surface area contributed by atoms with E-state index in [2.05, 4.69) is 68.4 Å². The summed E-state index contributed by atoms with van der Waals surface area (Å²) in [6.07, 6.45) is 14.0. The van der Waals surface area contributed by atoms with Gasteiger partial charge in [-0.2, -0.15) is 0 Å². The van der Waals surface area contributed by atoms with Crippen molar-refractivity contribution in [2.24, 2.45) is 56.2 Å². The second-order valence-corrected chi connectivity index (χ2v) is 15.0. The van der Waals surface area contributed by atoms with E-state index >= 15 is 0 Å². The highest BCUT2D eigenvalue weighted by molar-refractivity contribution is 5.86. The van der Waals surface area contributed by atoms with Crippen molar-refractivity contribution in [3.63, 3.8) is 0 Å². The zero-order valence-corrected chi connectivity index (χ0v) is 22.7. The zero-order valence-electron chi connectivity index (χ0n) is 22.7. The average molecular weight is 439 g/mol. The van der Waals surface area contributed by atoms with Crippen LogP contribution in [0, 0.1) is 56.2 Å². The molecule has 9 atom stereocenters. The number of carbonyl (C=O) groups excluding carboxylic acids is 1. The Morgan fingerprint density at radius 3 is 2.19 bits per heavy atom. The molecule has 0 heterocycles. The average Bonchev–Trinajstić information content (AvgIpc) is 2.72. The number of allylic oxidation sites excluding steroid dienone is 2. The summed E-state index contributed by atoms with van der Waals surface area (Å²) < 4.78 is 0. The van der Waals surface area contributed by atoms with E-state index in [0.717, 1.165) is 30.6 Å². The third-order valence-corrected chi connectivity index (χ3v) is 14.2. The lowest BCUT2D eigenvalue weighted by molar-refractivity contribution is -0.221. The normalized spacial score (nSPS) is 56.9. The first kappa shape index (κ1) is 23.2. The second kappa shape index (κ2) is 6.54. The molecule has 0 N–H and O–H groups in total. The van der Waals surface area contributed by atoms with Gasteiger partial charge in [-0.05, 0) is 102 Å². The van der Waals surface area contributed by atoms with E-state index in [0.29, 0.717) is 27.9 Å². The van der Waals surface area contributed by atoms with Crippen LogP contribution in [0.25, 0.3) is 0 Å². The third-order valence-electron chi connectivity index (χ3n) is 14.2. The van der Waals surface area contributed by atoms with Gasteiger partial charge in [0.05, 0.1) is 0 Å². The van der Waals surface area contributed by atoms with Crippen LogP contribution in [0.3, 0.4) is 0 Å². The molecule has 0 bridgehead atoms. The minimum absolute atomic E-state index is 0.108. The molecule has 1 heteroatoms. The molecule has 5 rings (SSSR count). The van der Waals surface area contributed by atoms with Crippen molar-refractivity contribution in [1.82, 2.24) is 0 Å². The van der Waals surface area contributed by atoms with Crippen molar-refractivity contribution in [1.29, 1.82) is 0 Å². The summed E-state index contributed by atoms with van der Waals surface area (Å²) in [5.41, 5.74) is 3.19. The van der Waals surface area contributed by atoms with Crippen LogP contribution >= 0.6 is 0 Å². The molecule has 0 aromatic rings. The van der Waals surface area contributed by atoms with Crippen molar-refractivity contribution in [2.75, 3.05) is 0 Å². The van der Waals surface area contributed by atoms with E-state index in [1.54, 1.807) is 0 Å². The number of carbonyl (C=O) groups is 1. The van der Waals surface area contributed by atoms with Crippen molar-refractivity contribution in [2.45, 2.75) is 120 Å². The Balaban J connectivity index is 1.63. The first-order chi connectivity index (χ1) is 14.7.